The van der Waals surface area contributed by atoms with Crippen LogP contribution in [0.25, 0.3) is 66.1 Å². The zero-order valence-electron chi connectivity index (χ0n) is 89.9. The number of anilines is 3. The van der Waals surface area contributed by atoms with Gasteiger partial charge in [0.2, 0.25) is 0 Å². The summed E-state index contributed by atoms with van der Waals surface area (Å²) in [5.74, 6) is 8.93. The molecule has 9 aromatic rings. The fourth-order valence-corrected chi connectivity index (χ4v) is 27.2. The molecule has 149 heavy (non-hydrogen) atoms. The largest absolute Gasteiger partial charge is 0.481 e. The molecule has 11 aliphatic carbocycles. The highest BCUT2D eigenvalue weighted by Gasteiger charge is 2.52. The lowest BCUT2D eigenvalue weighted by atomic mass is 9.48. The maximum atomic E-state index is 13.8. The highest BCUT2D eigenvalue weighted by molar-refractivity contribution is 9.09. The van der Waals surface area contributed by atoms with Crippen molar-refractivity contribution in [1.29, 1.82) is 0 Å². The van der Waals surface area contributed by atoms with Gasteiger partial charge in [-0.1, -0.05) is 50.9 Å². The molecule has 3 aromatic carbocycles. The molecule has 9 heterocycles. The maximum absolute atomic E-state index is 13.8. The van der Waals surface area contributed by atoms with Crippen LogP contribution < -0.4 is 25.8 Å². The fraction of sp³-hybridized carbons (Fsp3) is 0.529. The van der Waals surface area contributed by atoms with Crippen LogP contribution in [0, 0.1) is 40.9 Å². The number of benzene rings is 3. The lowest BCUT2D eigenvalue weighted by Gasteiger charge is -2.56. The molecule has 6 aromatic heterocycles. The van der Waals surface area contributed by atoms with Gasteiger partial charge in [0.05, 0.1) is 41.6 Å². The number of Topliss-reactive ketones (excluding diaryl/α,β-unsaturated/α-hetero) is 8. The lowest BCUT2D eigenvalue weighted by Crippen LogP contribution is -2.55. The van der Waals surface area contributed by atoms with Crippen molar-refractivity contribution in [2.75, 3.05) is 112 Å². The van der Waals surface area contributed by atoms with Gasteiger partial charge in [0.1, 0.15) is 29.0 Å². The number of carboxylic acid groups (broad SMARTS) is 1. The van der Waals surface area contributed by atoms with Gasteiger partial charge in [-0.05, 0) is 350 Å². The van der Waals surface area contributed by atoms with E-state index in [-0.39, 0.29) is 96.7 Å². The van der Waals surface area contributed by atoms with Gasteiger partial charge in [-0.2, -0.15) is 15.3 Å². The number of rotatable bonds is 31. The minimum Gasteiger partial charge on any atom is -0.481 e. The van der Waals surface area contributed by atoms with Crippen LogP contribution in [0.3, 0.4) is 0 Å². The molecule has 792 valence electrons. The molecular weight excluding hydrogens is 1950 g/mol. The second-order valence-electron chi connectivity index (χ2n) is 46.0. The van der Waals surface area contributed by atoms with E-state index in [0.717, 1.165) is 266 Å². The number of hydrogen-bond donors (Lipinski definition) is 3. The van der Waals surface area contributed by atoms with Gasteiger partial charge in [-0.3, -0.25) is 67.0 Å². The average molecular weight is 2110 g/mol. The Kier molecular flexibility index (Phi) is 36.0. The number of pyridine rings is 3. The summed E-state index contributed by atoms with van der Waals surface area (Å²) >= 11 is 3.13. The van der Waals surface area contributed by atoms with Crippen LogP contribution in [-0.2, 0) is 28.8 Å². The summed E-state index contributed by atoms with van der Waals surface area (Å²) in [5, 5.41) is 29.5. The maximum Gasteiger partial charge on any atom is 0.304 e. The van der Waals surface area contributed by atoms with Crippen LogP contribution >= 0.6 is 28.3 Å². The number of alkyl halides is 1. The third-order valence-electron chi connectivity index (χ3n) is 33.2. The molecule has 4 N–H and O–H groups in total. The molecular formula is C121H154BrClN16O10. The van der Waals surface area contributed by atoms with Crippen molar-refractivity contribution in [3.05, 3.63) is 195 Å². The van der Waals surface area contributed by atoms with Crippen molar-refractivity contribution in [2.45, 2.75) is 274 Å². The first-order valence-corrected chi connectivity index (χ1v) is 55.8. The van der Waals surface area contributed by atoms with Crippen molar-refractivity contribution in [2.24, 2.45) is 46.7 Å². The van der Waals surface area contributed by atoms with E-state index in [1.807, 2.05) is 111 Å². The minimum absolute atomic E-state index is 0. The summed E-state index contributed by atoms with van der Waals surface area (Å²) in [6, 6.07) is 25.0. The molecule has 0 atom stereocenters. The Morgan fingerprint density at radius 2 is 0.732 bits per heavy atom. The van der Waals surface area contributed by atoms with Crippen molar-refractivity contribution in [3.63, 3.8) is 0 Å². The van der Waals surface area contributed by atoms with Gasteiger partial charge >= 0.3 is 5.97 Å². The molecule has 11 fully saturated rings. The first-order chi connectivity index (χ1) is 70.9. The number of halogens is 2. The predicted octanol–water partition coefficient (Wildman–Crippen LogP) is 23.0. The number of ketones is 8. The van der Waals surface area contributed by atoms with E-state index in [9.17, 15) is 43.2 Å². The number of hydrogen-bond acceptors (Lipinski definition) is 22. The number of aromatic nitrogens is 9. The SMILES string of the molecule is CC(=O)CCBr.CC1=CC(C)=C(CCC(=O)c2cc(-c3ccc(N4CCN(CCC(=O)CC56CC7CC(CC(C7)C5)C6)CC4)nc3)cc3c2cnn3C(C)C)C(=O)C1.CC1=CC(C)=C(CCC(=O)c2cc(-c3ccc(N4CCN(CCC(=O)O)CC4)nc3)cc3c2cnn3C(C)C)C(=O)C1.CC1=CC(C)=C(CCC(=O)c2cc(-c3ccc(N4CCNCC4)nc3)cc3c2cnn3C(C)C)C(=O)C1.Cl.NC12CC3CC(CC(C3)C1)C2. The van der Waals surface area contributed by atoms with E-state index >= 15 is 0 Å². The predicted molar refractivity (Wildman–Crippen MR) is 600 cm³/mol. The molecule has 14 aliphatic rings. The van der Waals surface area contributed by atoms with E-state index in [0.29, 0.717) is 91.3 Å². The third kappa shape index (κ3) is 26.8. The molecule has 0 spiro atoms. The topological polar surface area (TPSA) is 320 Å². The molecule has 0 radical (unpaired) electrons. The number of carboxylic acids is 1. The molecule has 8 bridgehead atoms. The molecule has 26 nitrogen and oxygen atoms in total. The number of aliphatic carboxylic acids is 1. The monoisotopic (exact) mass is 2110 g/mol. The Balaban J connectivity index is 0.000000148. The first kappa shape index (κ1) is 110. The minimum atomic E-state index is -0.770. The zero-order valence-corrected chi connectivity index (χ0v) is 92.3. The number of nitrogens with zero attached hydrogens (tertiary/aromatic N) is 14. The number of nitrogens with one attached hydrogen (secondary N) is 1. The molecule has 0 unspecified atom stereocenters. The summed E-state index contributed by atoms with van der Waals surface area (Å²) in [7, 11) is 0. The Morgan fingerprint density at radius 1 is 0.416 bits per heavy atom. The van der Waals surface area contributed by atoms with Gasteiger partial charge in [-0.25, -0.2) is 15.0 Å². The van der Waals surface area contributed by atoms with Gasteiger partial charge in [-0.15, -0.1) is 12.4 Å². The van der Waals surface area contributed by atoms with Crippen LogP contribution in [0.2, 0.25) is 0 Å². The standard InChI is InChI=1S/C44H55N5O3.C33H39N5O4.C30H35N5O2.C10H17N.C4H7BrO.ClH/c1-28(2)49-40-21-35(20-38(39(40)27-46-49)41(51)7-6-37-30(4)15-29(3)16-42(37)52)34-5-8-43(45-26-34)48-13-11-47(12-14-48)10-9-36(50)25-44-22-31-17-32(23-44)19-33(18-31)24-44;1-21(2)38-29-18-25(24-5-8-32(34-19-24)37-13-11-36(12-14-37)10-9-33(41)42)17-27(28(29)20-35-38)30(39)7-6-26-23(4)15-22(3)16-31(26)40;1-19(2)35-27-16-23(22-5-8-30(32-17-22)34-11-9-31-10-12-34)15-25(26(27)18-33-35)28(36)7-6-24-21(4)13-20(3)14-29(24)37;11-10-4-7-1-8(5-10)3-9(2-7)6-10;1-4(6)2-3-5;/h5,8,15,20-21,26-28,31-33H,6-7,9-14,16-19,22-25H2,1-4H3;5,8,15,17-21H,6-7,9-14,16H2,1-4H3,(H,41,42);5,8,13,15-19,31H,6-7,9-12,14H2,1-4H3;7-9H,1-6,11H2;2-3H2,1H3;1H. The number of allylic oxidation sites excluding steroid dienone is 12. The smallest absolute Gasteiger partial charge is 0.304 e. The van der Waals surface area contributed by atoms with E-state index < -0.39 is 5.97 Å². The highest BCUT2D eigenvalue weighted by atomic mass is 79.9. The fourth-order valence-electron chi connectivity index (χ4n) is 26.6. The Bertz CT molecular complexity index is 6610. The van der Waals surface area contributed by atoms with E-state index in [1.54, 1.807) is 25.5 Å². The van der Waals surface area contributed by atoms with Gasteiger partial charge < -0.3 is 30.9 Å². The Labute approximate surface area is 893 Å². The van der Waals surface area contributed by atoms with Crippen LogP contribution in [0.5, 0.6) is 0 Å². The number of carbonyl (C=O) groups is 9. The molecule has 3 aliphatic heterocycles. The Hall–Kier alpha value is -11.2. The molecule has 28 heteroatoms. The van der Waals surface area contributed by atoms with E-state index in [4.69, 9.17) is 25.8 Å². The second-order valence-corrected chi connectivity index (χ2v) is 46.8. The summed E-state index contributed by atoms with van der Waals surface area (Å²) in [6.45, 7) is 38.0. The van der Waals surface area contributed by atoms with Gasteiger partial charge in [0.15, 0.2) is 34.7 Å². The number of piperazine rings is 3. The summed E-state index contributed by atoms with van der Waals surface area (Å²) < 4.78 is 5.87. The van der Waals surface area contributed by atoms with Crippen LogP contribution in [-0.4, -0.2) is 214 Å². The Morgan fingerprint density at radius 3 is 1.01 bits per heavy atom. The molecule has 8 saturated carbocycles. The van der Waals surface area contributed by atoms with Crippen molar-refractivity contribution < 1.29 is 48.3 Å². The number of fused-ring (bicyclic) bond motifs is 3. The zero-order chi connectivity index (χ0) is 105. The van der Waals surface area contributed by atoms with Crippen molar-refractivity contribution in [3.8, 4) is 33.4 Å². The third-order valence-corrected chi connectivity index (χ3v) is 33.6. The second kappa shape index (κ2) is 48.6. The van der Waals surface area contributed by atoms with Crippen molar-refractivity contribution in [1.82, 2.24) is 59.4 Å². The van der Waals surface area contributed by atoms with Crippen LogP contribution in [0.15, 0.2) is 178 Å². The number of nitrogens with two attached hydrogens (primary N) is 1. The van der Waals surface area contributed by atoms with Gasteiger partial charge in [0, 0.05) is 247 Å². The van der Waals surface area contributed by atoms with Gasteiger partial charge in [0.25, 0.3) is 0 Å². The highest BCUT2D eigenvalue weighted by Crippen LogP contribution is 2.62. The number of carbonyl (C=O) groups excluding carboxylic acids is 8. The van der Waals surface area contributed by atoms with Crippen LogP contribution in [0.1, 0.15) is 300 Å². The normalized spacial score (nSPS) is 22.7. The molecule has 3 saturated heterocycles. The van der Waals surface area contributed by atoms with E-state index in [2.05, 4.69) is 157 Å². The lowest BCUT2D eigenvalue weighted by molar-refractivity contribution is -0.137. The summed E-state index contributed by atoms with van der Waals surface area (Å²) in [6.07, 6.45) is 39.7. The molecule has 0 amide bonds. The van der Waals surface area contributed by atoms with Crippen LogP contribution in [0.4, 0.5) is 17.5 Å². The first-order valence-electron chi connectivity index (χ1n) is 54.7. The average Bonchev–Trinajstić information content (AvgIpc) is 1.54. The summed E-state index contributed by atoms with van der Waals surface area (Å²) in [5.41, 5.74) is 25.6. The van der Waals surface area contributed by atoms with Crippen molar-refractivity contribution >= 4 is 131 Å². The molecule has 23 rings (SSSR count). The quantitative estimate of drug-likeness (QED) is 0.0268. The van der Waals surface area contributed by atoms with E-state index in [1.165, 1.54) is 77.0 Å². The summed E-state index contributed by atoms with van der Waals surface area (Å²) in [4.78, 5) is 139.